The molecule has 1 aromatic heterocycles. The molecule has 1 heterocycles. The van der Waals surface area contributed by atoms with Crippen molar-refractivity contribution in [1.82, 2.24) is 4.98 Å². The quantitative estimate of drug-likeness (QED) is 0.388. The first kappa shape index (κ1) is 16.7. The van der Waals surface area contributed by atoms with Crippen LogP contribution < -0.4 is 5.32 Å². The molecule has 0 amide bonds. The van der Waals surface area contributed by atoms with E-state index in [-0.39, 0.29) is 12.0 Å². The molecular weight excluding hydrogens is 304 g/mol. The highest BCUT2D eigenvalue weighted by molar-refractivity contribution is 6.16. The largest absolute Gasteiger partial charge is 0.433 e. The molecular formula is C11H7F6N3O. The molecule has 0 radical (unpaired) electrons. The zero-order valence-electron chi connectivity index (χ0n) is 10.0. The number of hydrogen-bond donors (Lipinski definition) is 2. The van der Waals surface area contributed by atoms with Crippen LogP contribution in [0.5, 0.6) is 0 Å². The molecule has 1 rings (SSSR count). The van der Waals surface area contributed by atoms with E-state index in [1.807, 2.05) is 0 Å². The average Bonchev–Trinajstić information content (AvgIpc) is 2.37. The molecule has 0 bridgehead atoms. The number of carbonyl (C=O) groups excluding carboxylic acids is 1. The number of nitrogens with zero attached hydrogens (tertiary/aromatic N) is 1. The highest BCUT2D eigenvalue weighted by Crippen LogP contribution is 2.27. The van der Waals surface area contributed by atoms with E-state index in [4.69, 9.17) is 5.41 Å². The molecule has 0 aliphatic heterocycles. The maximum absolute atomic E-state index is 12.2. The number of aldehydes is 1. The maximum Gasteiger partial charge on any atom is 0.433 e. The minimum absolute atomic E-state index is 0.0719. The number of nitrogens with one attached hydrogen (secondary N) is 2. The van der Waals surface area contributed by atoms with E-state index in [9.17, 15) is 31.1 Å². The van der Waals surface area contributed by atoms with Crippen LogP contribution in [0.3, 0.4) is 0 Å². The lowest BCUT2D eigenvalue weighted by atomic mass is 10.2. The van der Waals surface area contributed by atoms with Gasteiger partial charge in [-0.3, -0.25) is 10.2 Å². The average molecular weight is 311 g/mol. The van der Waals surface area contributed by atoms with Crippen LogP contribution in [0.2, 0.25) is 0 Å². The summed E-state index contributed by atoms with van der Waals surface area (Å²) >= 11 is 0. The molecule has 0 spiro atoms. The summed E-state index contributed by atoms with van der Waals surface area (Å²) in [7, 11) is 0. The predicted octanol–water partition coefficient (Wildman–Crippen LogP) is 3.18. The monoisotopic (exact) mass is 311 g/mol. The normalized spacial score (nSPS) is 13.0. The van der Waals surface area contributed by atoms with Crippen molar-refractivity contribution in [1.29, 1.82) is 5.41 Å². The zero-order chi connectivity index (χ0) is 16.3. The maximum atomic E-state index is 12.2. The minimum Gasteiger partial charge on any atom is -0.360 e. The topological polar surface area (TPSA) is 65.8 Å². The number of halogens is 6. The molecule has 0 aromatic carbocycles. The first-order valence-electron chi connectivity index (χ1n) is 5.17. The molecule has 0 fully saturated rings. The van der Waals surface area contributed by atoms with Gasteiger partial charge in [-0.1, -0.05) is 0 Å². The second kappa shape index (κ2) is 5.94. The van der Waals surface area contributed by atoms with E-state index in [0.29, 0.717) is 12.3 Å². The minimum atomic E-state index is -5.01. The van der Waals surface area contributed by atoms with Gasteiger partial charge in [0.1, 0.15) is 11.4 Å². The van der Waals surface area contributed by atoms with Gasteiger partial charge < -0.3 is 5.32 Å². The number of allylic oxidation sites excluding steroid dienone is 1. The number of alkyl halides is 6. The number of anilines is 1. The van der Waals surface area contributed by atoms with Gasteiger partial charge in [-0.15, -0.1) is 0 Å². The third kappa shape index (κ3) is 4.58. The Kier molecular flexibility index (Phi) is 4.71. The molecule has 0 aliphatic rings. The molecule has 0 saturated heterocycles. The SMILES string of the molecule is N=C(/C(C=O)=C\Nc1ccc(C(F)(F)F)nc1)C(F)(F)F. The summed E-state index contributed by atoms with van der Waals surface area (Å²) in [6, 6.07) is 1.54. The summed E-state index contributed by atoms with van der Waals surface area (Å²) in [6.45, 7) is 0. The highest BCUT2D eigenvalue weighted by atomic mass is 19.4. The number of aromatic nitrogens is 1. The van der Waals surface area contributed by atoms with Gasteiger partial charge in [-0.2, -0.15) is 26.3 Å². The van der Waals surface area contributed by atoms with E-state index in [0.717, 1.165) is 12.3 Å². The van der Waals surface area contributed by atoms with Crippen molar-refractivity contribution in [2.75, 3.05) is 5.32 Å². The van der Waals surface area contributed by atoms with E-state index in [1.54, 1.807) is 0 Å². The lowest BCUT2D eigenvalue weighted by Gasteiger charge is -2.09. The number of hydrogen-bond acceptors (Lipinski definition) is 4. The molecule has 4 nitrogen and oxygen atoms in total. The lowest BCUT2D eigenvalue weighted by Crippen LogP contribution is -2.25. The Bertz CT molecular complexity index is 559. The molecule has 10 heteroatoms. The van der Waals surface area contributed by atoms with Crippen molar-refractivity contribution in [3.05, 3.63) is 35.8 Å². The summed E-state index contributed by atoms with van der Waals surface area (Å²) in [5.41, 5.74) is -4.11. The van der Waals surface area contributed by atoms with Crippen molar-refractivity contribution in [3.63, 3.8) is 0 Å². The predicted molar refractivity (Wildman–Crippen MR) is 60.8 cm³/mol. The molecule has 1 aromatic rings. The van der Waals surface area contributed by atoms with Gasteiger partial charge in [0.05, 0.1) is 17.5 Å². The summed E-state index contributed by atoms with van der Waals surface area (Å²) in [5, 5.41) is 8.91. The Morgan fingerprint density at radius 1 is 1.19 bits per heavy atom. The molecule has 21 heavy (non-hydrogen) atoms. The fourth-order valence-corrected chi connectivity index (χ4v) is 1.14. The molecule has 2 N–H and O–H groups in total. The molecule has 114 valence electrons. The van der Waals surface area contributed by atoms with Crippen molar-refractivity contribution in [2.24, 2.45) is 0 Å². The van der Waals surface area contributed by atoms with Crippen LogP contribution >= 0.6 is 0 Å². The Labute approximate surface area is 114 Å². The van der Waals surface area contributed by atoms with Gasteiger partial charge in [0.15, 0.2) is 6.29 Å². The molecule has 0 unspecified atom stereocenters. The molecule has 0 aliphatic carbocycles. The Morgan fingerprint density at radius 3 is 2.19 bits per heavy atom. The van der Waals surface area contributed by atoms with Gasteiger partial charge in [-0.25, -0.2) is 4.98 Å². The third-order valence-corrected chi connectivity index (χ3v) is 2.15. The van der Waals surface area contributed by atoms with Gasteiger partial charge in [0, 0.05) is 6.20 Å². The second-order valence-corrected chi connectivity index (χ2v) is 3.66. The smallest absolute Gasteiger partial charge is 0.360 e. The fraction of sp³-hybridized carbons (Fsp3) is 0.182. The van der Waals surface area contributed by atoms with Crippen LogP contribution in [0.25, 0.3) is 0 Å². The van der Waals surface area contributed by atoms with Crippen molar-refractivity contribution < 1.29 is 31.1 Å². The molecule has 0 atom stereocenters. The highest BCUT2D eigenvalue weighted by Gasteiger charge is 2.36. The van der Waals surface area contributed by atoms with Crippen molar-refractivity contribution >= 4 is 17.7 Å². The van der Waals surface area contributed by atoms with E-state index >= 15 is 0 Å². The first-order chi connectivity index (χ1) is 9.55. The van der Waals surface area contributed by atoms with E-state index in [1.165, 1.54) is 0 Å². The van der Waals surface area contributed by atoms with Crippen LogP contribution in [0.1, 0.15) is 5.69 Å². The summed E-state index contributed by atoms with van der Waals surface area (Å²) in [4.78, 5) is 13.6. The van der Waals surface area contributed by atoms with Gasteiger partial charge in [-0.05, 0) is 12.1 Å². The number of pyridine rings is 1. The summed E-state index contributed by atoms with van der Waals surface area (Å²) < 4.78 is 73.3. The first-order valence-corrected chi connectivity index (χ1v) is 5.17. The van der Waals surface area contributed by atoms with Crippen LogP contribution in [0, 0.1) is 5.41 Å². The summed E-state index contributed by atoms with van der Waals surface area (Å²) in [5.74, 6) is 0. The third-order valence-electron chi connectivity index (χ3n) is 2.15. The molecule has 0 saturated carbocycles. The Morgan fingerprint density at radius 2 is 1.81 bits per heavy atom. The Hall–Kier alpha value is -2.39. The van der Waals surface area contributed by atoms with Gasteiger partial charge >= 0.3 is 12.4 Å². The summed E-state index contributed by atoms with van der Waals surface area (Å²) in [6.07, 6.45) is -8.54. The standard InChI is InChI=1S/C11H7F6N3O/c12-10(13,14)8-2-1-7(4-20-8)19-3-6(5-21)9(18)11(15,16)17/h1-5,18-19H/b6-3-,18-9?. The lowest BCUT2D eigenvalue weighted by molar-refractivity contribution is -0.141. The van der Waals surface area contributed by atoms with Crippen molar-refractivity contribution in [2.45, 2.75) is 12.4 Å². The zero-order valence-corrected chi connectivity index (χ0v) is 10.0. The van der Waals surface area contributed by atoms with Gasteiger partial charge in [0.25, 0.3) is 0 Å². The van der Waals surface area contributed by atoms with E-state index < -0.39 is 29.3 Å². The van der Waals surface area contributed by atoms with Crippen LogP contribution in [0.4, 0.5) is 32.0 Å². The van der Waals surface area contributed by atoms with Gasteiger partial charge in [0.2, 0.25) is 0 Å². The van der Waals surface area contributed by atoms with Crippen LogP contribution in [-0.2, 0) is 11.0 Å². The second-order valence-electron chi connectivity index (χ2n) is 3.66. The van der Waals surface area contributed by atoms with E-state index in [2.05, 4.69) is 10.3 Å². The Balaban J connectivity index is 2.88. The fourth-order valence-electron chi connectivity index (χ4n) is 1.14. The number of carbonyl (C=O) groups is 1. The number of rotatable bonds is 4. The van der Waals surface area contributed by atoms with Crippen LogP contribution in [0.15, 0.2) is 30.1 Å². The van der Waals surface area contributed by atoms with Crippen molar-refractivity contribution in [3.8, 4) is 0 Å². The van der Waals surface area contributed by atoms with Crippen LogP contribution in [-0.4, -0.2) is 23.2 Å².